The van der Waals surface area contributed by atoms with Crippen LogP contribution in [0.2, 0.25) is 0 Å². The Morgan fingerprint density at radius 1 is 1.18 bits per heavy atom. The Morgan fingerprint density at radius 3 is 2.55 bits per heavy atom. The van der Waals surface area contributed by atoms with Crippen LogP contribution in [0.1, 0.15) is 25.3 Å². The molecule has 1 saturated heterocycles. The van der Waals surface area contributed by atoms with E-state index >= 15 is 0 Å². The van der Waals surface area contributed by atoms with Crippen LogP contribution in [-0.2, 0) is 6.42 Å². The van der Waals surface area contributed by atoms with E-state index in [1.54, 1.807) is 11.3 Å². The van der Waals surface area contributed by atoms with Gasteiger partial charge in [-0.2, -0.15) is 0 Å². The van der Waals surface area contributed by atoms with Crippen LogP contribution in [0.15, 0.2) is 29.6 Å². The van der Waals surface area contributed by atoms with E-state index in [1.807, 2.05) is 24.3 Å². The van der Waals surface area contributed by atoms with Crippen molar-refractivity contribution >= 4 is 17.0 Å². The Balaban J connectivity index is 1.59. The molecular formula is C18H25N3S. The number of aromatic nitrogens is 1. The van der Waals surface area contributed by atoms with Gasteiger partial charge in [0.05, 0.1) is 10.7 Å². The Labute approximate surface area is 137 Å². The first kappa shape index (κ1) is 15.5. The quantitative estimate of drug-likeness (QED) is 0.870. The average molecular weight is 315 g/mol. The Kier molecular flexibility index (Phi) is 4.79. The van der Waals surface area contributed by atoms with E-state index < -0.39 is 0 Å². The highest BCUT2D eigenvalue weighted by atomic mass is 32.1. The van der Waals surface area contributed by atoms with Crippen LogP contribution in [0.25, 0.3) is 11.3 Å². The normalized spacial score (nSPS) is 22.8. The van der Waals surface area contributed by atoms with Crippen LogP contribution < -0.4 is 5.73 Å². The monoisotopic (exact) mass is 315 g/mol. The van der Waals surface area contributed by atoms with Crippen LogP contribution in [0.3, 0.4) is 0 Å². The summed E-state index contributed by atoms with van der Waals surface area (Å²) in [6.45, 7) is 8.33. The van der Waals surface area contributed by atoms with Crippen LogP contribution in [-0.4, -0.2) is 29.5 Å². The smallest absolute Gasteiger partial charge is 0.0945 e. The molecule has 1 aromatic carbocycles. The van der Waals surface area contributed by atoms with Crippen molar-refractivity contribution < 1.29 is 0 Å². The summed E-state index contributed by atoms with van der Waals surface area (Å²) in [5.41, 5.74) is 8.76. The number of hydrogen-bond acceptors (Lipinski definition) is 4. The molecule has 2 atom stereocenters. The minimum absolute atomic E-state index is 0.799. The zero-order chi connectivity index (χ0) is 15.5. The highest BCUT2D eigenvalue weighted by Crippen LogP contribution is 2.24. The maximum absolute atomic E-state index is 5.74. The summed E-state index contributed by atoms with van der Waals surface area (Å²) < 4.78 is 0. The van der Waals surface area contributed by atoms with Crippen LogP contribution in [0.4, 0.5) is 5.69 Å². The molecule has 4 heteroatoms. The van der Waals surface area contributed by atoms with Gasteiger partial charge in [-0.3, -0.25) is 0 Å². The van der Waals surface area contributed by atoms with Crippen molar-refractivity contribution in [2.24, 2.45) is 11.8 Å². The van der Waals surface area contributed by atoms with Crippen molar-refractivity contribution in [2.75, 3.05) is 25.4 Å². The minimum atomic E-state index is 0.799. The number of nitrogens with two attached hydrogens (primary N) is 1. The molecule has 2 N–H and O–H groups in total. The lowest BCUT2D eigenvalue weighted by Gasteiger charge is -2.34. The molecule has 1 aromatic heterocycles. The highest BCUT2D eigenvalue weighted by Gasteiger charge is 2.21. The number of likely N-dealkylation sites (tertiary alicyclic amines) is 1. The van der Waals surface area contributed by atoms with Gasteiger partial charge in [-0.15, -0.1) is 11.3 Å². The summed E-state index contributed by atoms with van der Waals surface area (Å²) >= 11 is 1.77. The SMILES string of the molecule is CC1CC(C)CN(CCc2nc(-c3ccc(N)cc3)cs2)C1. The van der Waals surface area contributed by atoms with Crippen molar-refractivity contribution in [3.8, 4) is 11.3 Å². The summed E-state index contributed by atoms with van der Waals surface area (Å²) in [6.07, 6.45) is 2.42. The maximum Gasteiger partial charge on any atom is 0.0945 e. The number of anilines is 1. The van der Waals surface area contributed by atoms with Gasteiger partial charge in [-0.05, 0) is 30.4 Å². The number of rotatable bonds is 4. The van der Waals surface area contributed by atoms with Crippen LogP contribution in [0, 0.1) is 11.8 Å². The molecule has 2 aromatic rings. The largest absolute Gasteiger partial charge is 0.399 e. The van der Waals surface area contributed by atoms with Gasteiger partial charge < -0.3 is 10.6 Å². The standard InChI is InChI=1S/C18H25N3S/c1-13-9-14(2)11-21(10-13)8-7-18-20-17(12-22-18)15-3-5-16(19)6-4-15/h3-6,12-14H,7-11,19H2,1-2H3. The van der Waals surface area contributed by atoms with Gasteiger partial charge in [0.1, 0.15) is 0 Å². The fraction of sp³-hybridized carbons (Fsp3) is 0.500. The fourth-order valence-electron chi connectivity index (χ4n) is 3.44. The first-order valence-corrected chi connectivity index (χ1v) is 9.01. The van der Waals surface area contributed by atoms with E-state index in [1.165, 1.54) is 24.5 Å². The van der Waals surface area contributed by atoms with Crippen molar-refractivity contribution in [3.63, 3.8) is 0 Å². The molecule has 3 nitrogen and oxygen atoms in total. The molecule has 2 heterocycles. The molecule has 118 valence electrons. The topological polar surface area (TPSA) is 42.2 Å². The number of nitrogens with zero attached hydrogens (tertiary/aromatic N) is 2. The molecule has 22 heavy (non-hydrogen) atoms. The van der Waals surface area contributed by atoms with Crippen molar-refractivity contribution in [2.45, 2.75) is 26.7 Å². The minimum Gasteiger partial charge on any atom is -0.399 e. The first-order chi connectivity index (χ1) is 10.6. The molecule has 3 rings (SSSR count). The van der Waals surface area contributed by atoms with Gasteiger partial charge >= 0.3 is 0 Å². The Bertz CT molecular complexity index is 595. The third-order valence-electron chi connectivity index (χ3n) is 4.34. The number of hydrogen-bond donors (Lipinski definition) is 1. The Hall–Kier alpha value is -1.39. The van der Waals surface area contributed by atoms with Crippen molar-refractivity contribution in [1.29, 1.82) is 0 Å². The molecule has 1 aliphatic rings. The molecule has 1 aliphatic heterocycles. The van der Waals surface area contributed by atoms with E-state index in [4.69, 9.17) is 10.7 Å². The second kappa shape index (κ2) is 6.80. The van der Waals surface area contributed by atoms with Crippen molar-refractivity contribution in [1.82, 2.24) is 9.88 Å². The molecule has 1 fully saturated rings. The lowest BCUT2D eigenvalue weighted by atomic mass is 9.92. The maximum atomic E-state index is 5.74. The van der Waals surface area contributed by atoms with E-state index in [0.29, 0.717) is 0 Å². The second-order valence-electron chi connectivity index (χ2n) is 6.70. The van der Waals surface area contributed by atoms with Gasteiger partial charge in [0.2, 0.25) is 0 Å². The lowest BCUT2D eigenvalue weighted by molar-refractivity contribution is 0.142. The summed E-state index contributed by atoms with van der Waals surface area (Å²) in [5.74, 6) is 1.65. The molecule has 2 unspecified atom stereocenters. The first-order valence-electron chi connectivity index (χ1n) is 8.13. The van der Waals surface area contributed by atoms with E-state index in [2.05, 4.69) is 24.1 Å². The van der Waals surface area contributed by atoms with Crippen LogP contribution in [0.5, 0.6) is 0 Å². The summed E-state index contributed by atoms with van der Waals surface area (Å²) in [6, 6.07) is 7.96. The molecule has 0 spiro atoms. The average Bonchev–Trinajstić information content (AvgIpc) is 2.94. The second-order valence-corrected chi connectivity index (χ2v) is 7.65. The number of nitrogen functional groups attached to an aromatic ring is 1. The predicted octanol–water partition coefficient (Wildman–Crippen LogP) is 3.91. The zero-order valence-electron chi connectivity index (χ0n) is 13.5. The predicted molar refractivity (Wildman–Crippen MR) is 95.1 cm³/mol. The molecule has 0 amide bonds. The Morgan fingerprint density at radius 2 is 1.86 bits per heavy atom. The molecule has 0 bridgehead atoms. The van der Waals surface area contributed by atoms with Gasteiger partial charge in [-0.1, -0.05) is 26.0 Å². The van der Waals surface area contributed by atoms with E-state index in [-0.39, 0.29) is 0 Å². The lowest BCUT2D eigenvalue weighted by Crippen LogP contribution is -2.39. The van der Waals surface area contributed by atoms with Crippen LogP contribution >= 0.6 is 11.3 Å². The molecule has 0 aliphatic carbocycles. The van der Waals surface area contributed by atoms with Gasteiger partial charge in [-0.25, -0.2) is 4.98 Å². The molecule has 0 saturated carbocycles. The number of piperidine rings is 1. The highest BCUT2D eigenvalue weighted by molar-refractivity contribution is 7.09. The third-order valence-corrected chi connectivity index (χ3v) is 5.25. The summed E-state index contributed by atoms with van der Waals surface area (Å²) in [7, 11) is 0. The third kappa shape index (κ3) is 3.87. The summed E-state index contributed by atoms with van der Waals surface area (Å²) in [5, 5.41) is 3.39. The summed E-state index contributed by atoms with van der Waals surface area (Å²) in [4.78, 5) is 7.38. The van der Waals surface area contributed by atoms with Gasteiger partial charge in [0.15, 0.2) is 0 Å². The van der Waals surface area contributed by atoms with Crippen molar-refractivity contribution in [3.05, 3.63) is 34.7 Å². The van der Waals surface area contributed by atoms with Gasteiger partial charge in [0.25, 0.3) is 0 Å². The van der Waals surface area contributed by atoms with E-state index in [9.17, 15) is 0 Å². The number of thiazole rings is 1. The number of benzene rings is 1. The fourth-order valence-corrected chi connectivity index (χ4v) is 4.24. The molecule has 0 radical (unpaired) electrons. The molecular weight excluding hydrogens is 290 g/mol. The van der Waals surface area contributed by atoms with Gasteiger partial charge in [0, 0.05) is 42.7 Å². The van der Waals surface area contributed by atoms with E-state index in [0.717, 1.165) is 41.7 Å². The zero-order valence-corrected chi connectivity index (χ0v) is 14.3.